The minimum Gasteiger partial charge on any atom is -0.310 e. The van der Waals surface area contributed by atoms with Gasteiger partial charge < -0.3 is 4.90 Å². The fourth-order valence-corrected chi connectivity index (χ4v) is 8.88. The molecule has 0 aliphatic rings. The van der Waals surface area contributed by atoms with Crippen LogP contribution in [0.3, 0.4) is 0 Å². The van der Waals surface area contributed by atoms with Crippen LogP contribution in [0.5, 0.6) is 0 Å². The molecule has 10 aromatic rings. The first kappa shape index (κ1) is 28.8. The van der Waals surface area contributed by atoms with Crippen molar-refractivity contribution in [1.29, 1.82) is 0 Å². The average Bonchev–Trinajstić information content (AvgIpc) is 3.56. The van der Waals surface area contributed by atoms with E-state index in [0.29, 0.717) is 0 Å². The van der Waals surface area contributed by atoms with E-state index in [2.05, 4.69) is 193 Å². The van der Waals surface area contributed by atoms with Gasteiger partial charge in [-0.25, -0.2) is 0 Å². The van der Waals surface area contributed by atoms with Gasteiger partial charge in [-0.15, -0.1) is 11.3 Å². The van der Waals surface area contributed by atoms with Crippen LogP contribution in [0.15, 0.2) is 188 Å². The Balaban J connectivity index is 1.17. The summed E-state index contributed by atoms with van der Waals surface area (Å²) < 4.78 is 2.66. The van der Waals surface area contributed by atoms with E-state index in [9.17, 15) is 0 Å². The van der Waals surface area contributed by atoms with E-state index in [1.54, 1.807) is 0 Å². The molecule has 1 aromatic heterocycles. The van der Waals surface area contributed by atoms with Crippen molar-refractivity contribution in [3.05, 3.63) is 188 Å². The third kappa shape index (κ3) is 4.76. The maximum Gasteiger partial charge on any atom is 0.0468 e. The smallest absolute Gasteiger partial charge is 0.0468 e. The third-order valence-electron chi connectivity index (χ3n) is 10.0. The average molecular weight is 654 g/mol. The summed E-state index contributed by atoms with van der Waals surface area (Å²) in [6.07, 6.45) is 0. The zero-order valence-electron chi connectivity index (χ0n) is 27.3. The lowest BCUT2D eigenvalue weighted by Crippen LogP contribution is -2.10. The molecule has 0 aliphatic carbocycles. The van der Waals surface area contributed by atoms with Crippen LogP contribution in [0.1, 0.15) is 0 Å². The number of anilines is 3. The normalized spacial score (nSPS) is 11.6. The largest absolute Gasteiger partial charge is 0.310 e. The van der Waals surface area contributed by atoms with E-state index >= 15 is 0 Å². The molecule has 0 saturated heterocycles. The van der Waals surface area contributed by atoms with Crippen molar-refractivity contribution < 1.29 is 0 Å². The Morgan fingerprint density at radius 1 is 0.320 bits per heavy atom. The van der Waals surface area contributed by atoms with Crippen LogP contribution in [0.25, 0.3) is 74.7 Å². The molecule has 0 atom stereocenters. The molecular weight excluding hydrogens is 623 g/mol. The number of benzene rings is 9. The summed E-state index contributed by atoms with van der Waals surface area (Å²) in [6.45, 7) is 0. The summed E-state index contributed by atoms with van der Waals surface area (Å²) in [7, 11) is 0. The molecule has 10 rings (SSSR count). The molecule has 234 valence electrons. The monoisotopic (exact) mass is 653 g/mol. The van der Waals surface area contributed by atoms with E-state index in [1.807, 2.05) is 11.3 Å². The van der Waals surface area contributed by atoms with E-state index in [-0.39, 0.29) is 0 Å². The van der Waals surface area contributed by atoms with Crippen LogP contribution in [-0.4, -0.2) is 0 Å². The second-order valence-electron chi connectivity index (χ2n) is 12.9. The Bertz CT molecular complexity index is 2870. The lowest BCUT2D eigenvalue weighted by Gasteiger charge is -2.27. The zero-order valence-corrected chi connectivity index (χ0v) is 28.1. The summed E-state index contributed by atoms with van der Waals surface area (Å²) in [6, 6.07) is 68.7. The minimum absolute atomic E-state index is 1.12. The highest BCUT2D eigenvalue weighted by molar-refractivity contribution is 7.26. The maximum absolute atomic E-state index is 2.40. The fourth-order valence-electron chi connectivity index (χ4n) is 7.62. The molecular formula is C48H31NS. The molecule has 0 aliphatic heterocycles. The maximum atomic E-state index is 2.40. The van der Waals surface area contributed by atoms with E-state index in [1.165, 1.54) is 74.7 Å². The molecule has 1 heterocycles. The van der Waals surface area contributed by atoms with Crippen molar-refractivity contribution in [3.8, 4) is 22.3 Å². The third-order valence-corrected chi connectivity index (χ3v) is 11.2. The van der Waals surface area contributed by atoms with Gasteiger partial charge in [-0.1, -0.05) is 140 Å². The molecule has 0 fully saturated rings. The predicted molar refractivity (Wildman–Crippen MR) is 217 cm³/mol. The molecule has 0 bridgehead atoms. The number of nitrogens with zero attached hydrogens (tertiary/aromatic N) is 1. The Kier molecular flexibility index (Phi) is 6.75. The molecule has 9 aromatic carbocycles. The van der Waals surface area contributed by atoms with Crippen LogP contribution in [0.4, 0.5) is 17.1 Å². The van der Waals surface area contributed by atoms with Crippen molar-refractivity contribution in [2.45, 2.75) is 0 Å². The highest BCUT2D eigenvalue weighted by atomic mass is 32.1. The molecule has 0 amide bonds. The number of fused-ring (bicyclic) bond motifs is 7. The Labute approximate surface area is 294 Å². The highest BCUT2D eigenvalue weighted by Gasteiger charge is 2.18. The summed E-state index contributed by atoms with van der Waals surface area (Å²) in [5, 5.41) is 10.2. The predicted octanol–water partition coefficient (Wildman–Crippen LogP) is 14.3. The quantitative estimate of drug-likeness (QED) is 0.167. The van der Waals surface area contributed by atoms with Gasteiger partial charge in [0.2, 0.25) is 0 Å². The first-order valence-electron chi connectivity index (χ1n) is 17.1. The van der Waals surface area contributed by atoms with Crippen molar-refractivity contribution in [2.75, 3.05) is 4.90 Å². The van der Waals surface area contributed by atoms with Gasteiger partial charge in [-0.2, -0.15) is 0 Å². The first-order chi connectivity index (χ1) is 24.8. The molecule has 2 heteroatoms. The number of thiophene rings is 1. The number of hydrogen-bond donors (Lipinski definition) is 0. The van der Waals surface area contributed by atoms with E-state index < -0.39 is 0 Å². The zero-order chi connectivity index (χ0) is 33.0. The second kappa shape index (κ2) is 11.7. The van der Waals surface area contributed by atoms with Gasteiger partial charge in [0.05, 0.1) is 0 Å². The minimum atomic E-state index is 1.12. The summed E-state index contributed by atoms with van der Waals surface area (Å²) in [5.74, 6) is 0. The second-order valence-corrected chi connectivity index (χ2v) is 14.0. The Morgan fingerprint density at radius 2 is 0.940 bits per heavy atom. The van der Waals surface area contributed by atoms with Crippen molar-refractivity contribution in [1.82, 2.24) is 0 Å². The van der Waals surface area contributed by atoms with Gasteiger partial charge in [-0.3, -0.25) is 0 Å². The van der Waals surface area contributed by atoms with Gasteiger partial charge in [0.25, 0.3) is 0 Å². The molecule has 1 nitrogen and oxygen atoms in total. The summed E-state index contributed by atoms with van der Waals surface area (Å²) in [4.78, 5) is 2.40. The van der Waals surface area contributed by atoms with Crippen molar-refractivity contribution >= 4 is 80.9 Å². The molecule has 0 saturated carbocycles. The Morgan fingerprint density at radius 3 is 1.78 bits per heavy atom. The first-order valence-corrected chi connectivity index (χ1v) is 17.9. The lowest BCUT2D eigenvalue weighted by molar-refractivity contribution is 1.29. The standard InChI is InChI=1S/C48H31NS/c1-2-11-32(12-3-1)36-15-10-16-39(29-36)49(40-28-23-34-22-21-33-13-4-6-17-41(33)44(34)31-40)38-26-24-35(25-27-38)47-42-18-7-5-14-37(42)30-45-43-19-8-9-20-46(43)50-48(45)47/h1-31H. The molecule has 0 N–H and O–H groups in total. The molecule has 0 spiro atoms. The van der Waals surface area contributed by atoms with Crippen molar-refractivity contribution in [2.24, 2.45) is 0 Å². The summed E-state index contributed by atoms with van der Waals surface area (Å²) in [5.41, 5.74) is 8.30. The highest BCUT2D eigenvalue weighted by Crippen LogP contribution is 2.45. The molecule has 50 heavy (non-hydrogen) atoms. The topological polar surface area (TPSA) is 3.24 Å². The van der Waals surface area contributed by atoms with Crippen molar-refractivity contribution in [3.63, 3.8) is 0 Å². The van der Waals surface area contributed by atoms with Gasteiger partial charge in [0.1, 0.15) is 0 Å². The molecule has 0 unspecified atom stereocenters. The number of hydrogen-bond acceptors (Lipinski definition) is 2. The SMILES string of the molecule is c1ccc(-c2cccc(N(c3ccc(-c4c5ccccc5cc5c4sc4ccccc45)cc3)c3ccc4ccc5ccccc5c4c3)c2)cc1. The van der Waals surface area contributed by atoms with Gasteiger partial charge in [0, 0.05) is 42.8 Å². The van der Waals surface area contributed by atoms with Crippen LogP contribution in [0.2, 0.25) is 0 Å². The lowest BCUT2D eigenvalue weighted by atomic mass is 9.95. The van der Waals surface area contributed by atoms with Crippen LogP contribution in [-0.2, 0) is 0 Å². The summed E-state index contributed by atoms with van der Waals surface area (Å²) >= 11 is 1.89. The van der Waals surface area contributed by atoms with Crippen LogP contribution >= 0.6 is 11.3 Å². The van der Waals surface area contributed by atoms with Gasteiger partial charge >= 0.3 is 0 Å². The van der Waals surface area contributed by atoms with E-state index in [4.69, 9.17) is 0 Å². The van der Waals surface area contributed by atoms with E-state index in [0.717, 1.165) is 17.1 Å². The fraction of sp³-hybridized carbons (Fsp3) is 0. The Hall–Kier alpha value is -6.22. The molecule has 0 radical (unpaired) electrons. The van der Waals surface area contributed by atoms with Crippen LogP contribution < -0.4 is 4.90 Å². The van der Waals surface area contributed by atoms with Crippen LogP contribution in [0, 0.1) is 0 Å². The number of rotatable bonds is 5. The van der Waals surface area contributed by atoms with Gasteiger partial charge in [0.15, 0.2) is 0 Å². The van der Waals surface area contributed by atoms with Gasteiger partial charge in [-0.05, 0) is 97.5 Å².